The molecule has 5 saturated heterocycles. The van der Waals surface area contributed by atoms with E-state index in [0.29, 0.717) is 118 Å². The van der Waals surface area contributed by atoms with E-state index >= 15 is 0 Å². The van der Waals surface area contributed by atoms with Crippen LogP contribution in [0.3, 0.4) is 0 Å². The van der Waals surface area contributed by atoms with Gasteiger partial charge in [0, 0.05) is 104 Å². The van der Waals surface area contributed by atoms with Crippen molar-refractivity contribution in [2.24, 2.45) is 11.7 Å². The molecule has 0 aliphatic carbocycles. The molecular weight excluding hydrogens is 1220 g/mol. The molecule has 10 amide bonds. The minimum atomic E-state index is -5.89. The Hall–Kier alpha value is -7.99. The van der Waals surface area contributed by atoms with Crippen LogP contribution in [0.1, 0.15) is 130 Å². The molecular formula is C63H73F2N10O14PS. The summed E-state index contributed by atoms with van der Waals surface area (Å²) in [6, 6.07) is 10.1. The van der Waals surface area contributed by atoms with E-state index in [1.54, 1.807) is 46.2 Å². The normalized spacial score (nSPS) is 21.6. The van der Waals surface area contributed by atoms with Crippen molar-refractivity contribution >= 4 is 88.1 Å². The van der Waals surface area contributed by atoms with Crippen LogP contribution in [0.5, 0.6) is 0 Å². The Balaban J connectivity index is 0.816. The van der Waals surface area contributed by atoms with Crippen LogP contribution in [0.4, 0.5) is 8.78 Å². The van der Waals surface area contributed by atoms with E-state index in [1.165, 1.54) is 21.9 Å². The Morgan fingerprint density at radius 2 is 1.63 bits per heavy atom. The number of halogens is 2. The number of hydrogen-bond donors (Lipinski definition) is 7. The number of fused-ring (bicyclic) bond motifs is 3. The molecule has 1 aromatic heterocycles. The van der Waals surface area contributed by atoms with Crippen molar-refractivity contribution in [2.75, 3.05) is 59.0 Å². The highest BCUT2D eigenvalue weighted by atomic mass is 32.1. The number of likely N-dealkylation sites (N-methyl/N-ethyl adjacent to an activating group) is 1. The van der Waals surface area contributed by atoms with E-state index in [2.05, 4.69) is 33.1 Å². The molecule has 5 fully saturated rings. The van der Waals surface area contributed by atoms with Crippen molar-refractivity contribution in [2.45, 2.75) is 132 Å². The number of thiophene rings is 1. The lowest BCUT2D eigenvalue weighted by Gasteiger charge is -2.38. The Morgan fingerprint density at radius 3 is 2.33 bits per heavy atom. The zero-order chi connectivity index (χ0) is 64.9. The molecule has 6 atom stereocenters. The number of benzene rings is 3. The quantitative estimate of drug-likeness (QED) is 0.0403. The highest BCUT2D eigenvalue weighted by Gasteiger charge is 2.51. The number of carbonyl (C=O) groups is 10. The molecule has 0 bridgehead atoms. The van der Waals surface area contributed by atoms with Gasteiger partial charge in [0.1, 0.15) is 30.2 Å². The zero-order valence-electron chi connectivity index (χ0n) is 50.2. The summed E-state index contributed by atoms with van der Waals surface area (Å²) in [5.41, 5.74) is 3.09. The van der Waals surface area contributed by atoms with Crippen molar-refractivity contribution in [3.63, 3.8) is 0 Å². The molecule has 484 valence electrons. The number of ether oxygens (including phenoxy) is 1. The molecule has 0 saturated carbocycles. The third-order valence-corrected chi connectivity index (χ3v) is 20.2. The summed E-state index contributed by atoms with van der Waals surface area (Å²) in [5, 5.41) is 10.9. The van der Waals surface area contributed by atoms with Crippen LogP contribution in [0.2, 0.25) is 0 Å². The van der Waals surface area contributed by atoms with Gasteiger partial charge in [-0.1, -0.05) is 43.0 Å². The first-order valence-corrected chi connectivity index (χ1v) is 33.1. The van der Waals surface area contributed by atoms with Crippen molar-refractivity contribution in [1.29, 1.82) is 0 Å². The molecule has 0 radical (unpaired) electrons. The van der Waals surface area contributed by atoms with Crippen molar-refractivity contribution in [1.82, 2.24) is 45.8 Å². The average Bonchev–Trinajstić information content (AvgIpc) is 1.93. The van der Waals surface area contributed by atoms with Crippen LogP contribution in [0, 0.1) is 17.8 Å². The number of nitrogens with zero attached hydrogens (tertiary/aromatic N) is 5. The highest BCUT2D eigenvalue weighted by Crippen LogP contribution is 2.59. The highest BCUT2D eigenvalue weighted by molar-refractivity contribution is 7.52. The monoisotopic (exact) mass is 1290 g/mol. The largest absolute Gasteiger partial charge is 0.399 e. The van der Waals surface area contributed by atoms with E-state index < -0.39 is 96.4 Å². The van der Waals surface area contributed by atoms with E-state index in [4.69, 9.17) is 10.5 Å². The molecule has 7 heterocycles. The molecule has 28 heteroatoms. The SMILES string of the molecule is CCN1CC[C@H]2CC[C@@H](C(=O)NC(CCC(N)=O)C(=O)NC(Cc3ccc(C(=O)N4CCOCC4)cc3)C(=O)N3CCC(CCC#Cc4cccc5c4CN(C4CCC(=O)NC4=O)C5=O)CC3)N2C(=O)[C@@H](NC(=O)c2cc3cc(C(F)(F)P(=O)(O)O)ccc3s2)C1. The molecule has 8 N–H and O–H groups in total. The molecule has 4 aromatic rings. The molecule has 10 rings (SSSR count). The van der Waals surface area contributed by atoms with Gasteiger partial charge in [-0.3, -0.25) is 57.8 Å². The van der Waals surface area contributed by atoms with E-state index in [-0.39, 0.29) is 85.5 Å². The summed E-state index contributed by atoms with van der Waals surface area (Å²) >= 11 is 0.917. The number of piperidine rings is 2. The minimum Gasteiger partial charge on any atom is -0.378 e. The molecule has 6 aliphatic rings. The van der Waals surface area contributed by atoms with Gasteiger partial charge in [0.15, 0.2) is 0 Å². The third kappa shape index (κ3) is 15.0. The fourth-order valence-electron chi connectivity index (χ4n) is 12.9. The van der Waals surface area contributed by atoms with Gasteiger partial charge in [0.05, 0.1) is 18.1 Å². The summed E-state index contributed by atoms with van der Waals surface area (Å²) in [6.07, 6.45) is 3.28. The first kappa shape index (κ1) is 65.9. The summed E-state index contributed by atoms with van der Waals surface area (Å²) in [5.74, 6) is 1.32. The fourth-order valence-corrected chi connectivity index (χ4v) is 14.3. The smallest absolute Gasteiger partial charge is 0.378 e. The van der Waals surface area contributed by atoms with Gasteiger partial charge in [0.2, 0.25) is 41.4 Å². The minimum absolute atomic E-state index is 0.0211. The van der Waals surface area contributed by atoms with Gasteiger partial charge in [-0.05, 0) is 123 Å². The van der Waals surface area contributed by atoms with Crippen molar-refractivity contribution in [3.8, 4) is 11.8 Å². The van der Waals surface area contributed by atoms with Crippen LogP contribution in [-0.2, 0) is 61.5 Å². The average molecular weight is 1300 g/mol. The maximum atomic E-state index is 14.8. The number of rotatable bonds is 19. The first-order valence-electron chi connectivity index (χ1n) is 30.7. The Bertz CT molecular complexity index is 3630. The van der Waals surface area contributed by atoms with E-state index in [0.717, 1.165) is 29.0 Å². The number of imide groups is 1. The van der Waals surface area contributed by atoms with Crippen molar-refractivity contribution < 1.29 is 75.8 Å². The number of nitrogens with one attached hydrogen (secondary N) is 4. The zero-order valence-corrected chi connectivity index (χ0v) is 51.9. The molecule has 24 nitrogen and oxygen atoms in total. The van der Waals surface area contributed by atoms with Crippen LogP contribution >= 0.6 is 18.9 Å². The lowest BCUT2D eigenvalue weighted by Crippen LogP contribution is -2.62. The first-order chi connectivity index (χ1) is 43.5. The van der Waals surface area contributed by atoms with Gasteiger partial charge in [-0.25, -0.2) is 0 Å². The second-order valence-electron chi connectivity index (χ2n) is 23.9. The lowest BCUT2D eigenvalue weighted by atomic mass is 9.91. The second-order valence-corrected chi connectivity index (χ2v) is 26.7. The molecule has 3 unspecified atom stereocenters. The van der Waals surface area contributed by atoms with E-state index in [9.17, 15) is 71.1 Å². The number of likely N-dealkylation sites (tertiary alicyclic amines) is 1. The van der Waals surface area contributed by atoms with Gasteiger partial charge >= 0.3 is 13.3 Å². The number of amides is 10. The van der Waals surface area contributed by atoms with Crippen molar-refractivity contribution in [3.05, 3.63) is 105 Å². The Labute approximate surface area is 527 Å². The fraction of sp³-hybridized carbons (Fsp3) is 0.492. The maximum Gasteiger partial charge on any atom is 0.399 e. The van der Waals surface area contributed by atoms with Gasteiger partial charge in [0.25, 0.3) is 17.7 Å². The predicted octanol–water partition coefficient (Wildman–Crippen LogP) is 3.09. The molecule has 3 aromatic carbocycles. The van der Waals surface area contributed by atoms with Crippen LogP contribution in [0.25, 0.3) is 10.1 Å². The summed E-state index contributed by atoms with van der Waals surface area (Å²) in [4.78, 5) is 163. The number of morpholine rings is 1. The molecule has 6 aliphatic heterocycles. The van der Waals surface area contributed by atoms with Crippen LogP contribution in [-0.4, -0.2) is 189 Å². The third-order valence-electron chi connectivity index (χ3n) is 18.1. The lowest BCUT2D eigenvalue weighted by molar-refractivity contribution is -0.144. The Morgan fingerprint density at radius 1 is 0.879 bits per heavy atom. The number of carbonyl (C=O) groups excluding carboxylic acids is 10. The summed E-state index contributed by atoms with van der Waals surface area (Å²) in [7, 11) is -5.89. The van der Waals surface area contributed by atoms with Gasteiger partial charge < -0.3 is 60.7 Å². The topological polar surface area (TPSA) is 328 Å². The van der Waals surface area contributed by atoms with Crippen LogP contribution in [0.15, 0.2) is 66.7 Å². The standard InChI is InChI=1S/C63H73F2N10O14PS/c1-2-71-25-24-43-15-17-50(75(43)62(85)48(36-71)69-58(81)52-34-41-33-42(14-19-51(41)91-52)63(64,65)90(86,87)88)57(80)67-46(16-20-53(66)76)55(78)68-47(32-38-10-12-40(13-11-38)59(82)73-28-30-89-31-29-73)61(84)72-26-22-37(23-27-72)6-3-4-7-39-8-5-9-44-45(39)35-74(60(44)83)49-18-21-54(77)70-56(49)79/h5,8-14,19,33-34,37,43,46-50H,2-3,6,15-18,20-32,35-36H2,1H3,(H2,66,76)(H,67,80)(H,68,78)(H,69,81)(H,70,77,79)(H2,86,87,88)/t43-,46?,47?,48+,49?,50+/m1/s1. The predicted molar refractivity (Wildman–Crippen MR) is 326 cm³/mol. The van der Waals surface area contributed by atoms with Gasteiger partial charge in [-0.2, -0.15) is 8.78 Å². The molecule has 91 heavy (non-hydrogen) atoms. The number of primary amides is 1. The maximum absolute atomic E-state index is 14.8. The number of alkyl halides is 2. The summed E-state index contributed by atoms with van der Waals surface area (Å²) in [6.45, 7) is 5.50. The van der Waals surface area contributed by atoms with Crippen LogP contribution < -0.4 is 27.0 Å². The molecule has 0 spiro atoms. The van der Waals surface area contributed by atoms with E-state index in [1.807, 2.05) is 17.9 Å². The number of nitrogens with two attached hydrogens (primary N) is 1. The summed E-state index contributed by atoms with van der Waals surface area (Å²) < 4.78 is 46.7. The Kier molecular flexibility index (Phi) is 20.5. The second kappa shape index (κ2) is 28.3. The van der Waals surface area contributed by atoms with Gasteiger partial charge in [-0.15, -0.1) is 11.3 Å². The number of hydrogen-bond acceptors (Lipinski definition) is 14.